The van der Waals surface area contributed by atoms with Crippen LogP contribution in [0, 0.1) is 0 Å². The predicted octanol–water partition coefficient (Wildman–Crippen LogP) is 5.24. The van der Waals surface area contributed by atoms with Gasteiger partial charge in [-0.3, -0.25) is 4.99 Å². The van der Waals surface area contributed by atoms with Crippen molar-refractivity contribution >= 4 is 17.3 Å². The summed E-state index contributed by atoms with van der Waals surface area (Å²) in [6.45, 7) is 2.88. The van der Waals surface area contributed by atoms with Crippen LogP contribution in [0.25, 0.3) is 0 Å². The zero-order chi connectivity index (χ0) is 14.2. The maximum atomic E-state index is 5.90. The molecular formula is C17H24ClNO. The lowest BCUT2D eigenvalue weighted by atomic mass is 10.1. The molecule has 0 N–H and O–H groups in total. The van der Waals surface area contributed by atoms with Gasteiger partial charge >= 0.3 is 0 Å². The molecule has 3 heteroatoms. The molecule has 110 valence electrons. The number of unbranched alkanes of at least 4 members (excludes halogenated alkanes) is 5. The number of halogens is 1. The topological polar surface area (TPSA) is 21.6 Å². The Bertz CT molecular complexity index is 427. The van der Waals surface area contributed by atoms with Crippen LogP contribution in [0.15, 0.2) is 29.3 Å². The van der Waals surface area contributed by atoms with Crippen molar-refractivity contribution in [3.05, 3.63) is 34.9 Å². The van der Waals surface area contributed by atoms with Crippen molar-refractivity contribution in [2.24, 2.45) is 4.99 Å². The van der Waals surface area contributed by atoms with E-state index in [1.165, 1.54) is 38.5 Å². The molecule has 0 fully saturated rings. The van der Waals surface area contributed by atoms with Gasteiger partial charge in [-0.05, 0) is 30.5 Å². The van der Waals surface area contributed by atoms with E-state index in [-0.39, 0.29) is 6.23 Å². The molecule has 0 saturated carbocycles. The fourth-order valence-electron chi connectivity index (χ4n) is 2.47. The molecule has 1 aliphatic rings. The third-order valence-electron chi connectivity index (χ3n) is 3.69. The highest BCUT2D eigenvalue weighted by Gasteiger charge is 2.18. The van der Waals surface area contributed by atoms with Crippen LogP contribution in [-0.2, 0) is 4.74 Å². The molecule has 0 bridgehead atoms. The first-order chi connectivity index (χ1) is 9.79. The molecule has 1 aromatic rings. The molecule has 2 nitrogen and oxygen atoms in total. The van der Waals surface area contributed by atoms with Gasteiger partial charge in [-0.15, -0.1) is 0 Å². The van der Waals surface area contributed by atoms with E-state index in [0.29, 0.717) is 6.61 Å². The minimum Gasteiger partial charge on any atom is -0.350 e. The Hall–Kier alpha value is -0.860. The molecule has 0 unspecified atom stereocenters. The SMILES string of the molecule is CCCCCCCC[C@@H]1N=C(c2ccc(Cl)cc2)CO1. The van der Waals surface area contributed by atoms with E-state index < -0.39 is 0 Å². The second kappa shape index (κ2) is 8.43. The molecule has 1 aromatic carbocycles. The number of hydrogen-bond donors (Lipinski definition) is 0. The number of nitrogens with zero attached hydrogens (tertiary/aromatic N) is 1. The van der Waals surface area contributed by atoms with Crippen LogP contribution in [0.5, 0.6) is 0 Å². The average Bonchev–Trinajstić information content (AvgIpc) is 2.92. The van der Waals surface area contributed by atoms with Crippen molar-refractivity contribution in [3.63, 3.8) is 0 Å². The van der Waals surface area contributed by atoms with E-state index in [1.54, 1.807) is 0 Å². The fourth-order valence-corrected chi connectivity index (χ4v) is 2.60. The molecule has 20 heavy (non-hydrogen) atoms. The zero-order valence-electron chi connectivity index (χ0n) is 12.3. The normalized spacial score (nSPS) is 18.3. The number of aliphatic imine (C=N–C) groups is 1. The third kappa shape index (κ3) is 4.92. The van der Waals surface area contributed by atoms with Crippen molar-refractivity contribution in [3.8, 4) is 0 Å². The minimum absolute atomic E-state index is 0.0619. The van der Waals surface area contributed by atoms with Gasteiger partial charge in [0.05, 0.1) is 12.3 Å². The van der Waals surface area contributed by atoms with Crippen molar-refractivity contribution in [2.75, 3.05) is 6.61 Å². The summed E-state index contributed by atoms with van der Waals surface area (Å²) in [5, 5.41) is 0.761. The molecule has 2 rings (SSSR count). The number of rotatable bonds is 8. The molecular weight excluding hydrogens is 270 g/mol. The zero-order valence-corrected chi connectivity index (χ0v) is 13.0. The van der Waals surface area contributed by atoms with Crippen molar-refractivity contribution in [1.29, 1.82) is 0 Å². The Morgan fingerprint density at radius 2 is 1.80 bits per heavy atom. The Morgan fingerprint density at radius 1 is 1.10 bits per heavy atom. The van der Waals surface area contributed by atoms with Crippen LogP contribution in [0.2, 0.25) is 5.02 Å². The molecule has 0 aromatic heterocycles. The number of benzene rings is 1. The van der Waals surface area contributed by atoms with Gasteiger partial charge < -0.3 is 4.74 Å². The van der Waals surface area contributed by atoms with Gasteiger partial charge in [-0.25, -0.2) is 0 Å². The molecule has 1 heterocycles. The highest BCUT2D eigenvalue weighted by atomic mass is 35.5. The van der Waals surface area contributed by atoms with Crippen molar-refractivity contribution < 1.29 is 4.74 Å². The van der Waals surface area contributed by atoms with E-state index in [9.17, 15) is 0 Å². The van der Waals surface area contributed by atoms with Crippen molar-refractivity contribution in [2.45, 2.75) is 58.1 Å². The molecule has 0 saturated heterocycles. The highest BCUT2D eigenvalue weighted by molar-refractivity contribution is 6.30. The standard InChI is InChI=1S/C17H24ClNO/c1-2-3-4-5-6-7-8-17-19-16(13-20-17)14-9-11-15(18)12-10-14/h9-12,17H,2-8,13H2,1H3/t17-/m1/s1. The number of hydrogen-bond acceptors (Lipinski definition) is 2. The van der Waals surface area contributed by atoms with E-state index in [0.717, 1.165) is 22.7 Å². The molecule has 0 radical (unpaired) electrons. The van der Waals surface area contributed by atoms with Crippen LogP contribution in [0.1, 0.15) is 57.4 Å². The maximum absolute atomic E-state index is 5.90. The first-order valence-corrected chi connectivity index (χ1v) is 8.11. The molecule has 0 aliphatic carbocycles. The van der Waals surface area contributed by atoms with Gasteiger partial charge in [0, 0.05) is 5.02 Å². The molecule has 0 amide bonds. The summed E-state index contributed by atoms with van der Waals surface area (Å²) in [6.07, 6.45) is 8.99. The van der Waals surface area contributed by atoms with E-state index in [1.807, 2.05) is 24.3 Å². The maximum Gasteiger partial charge on any atom is 0.149 e. The molecule has 1 aliphatic heterocycles. The van der Waals surface area contributed by atoms with Gasteiger partial charge in [-0.2, -0.15) is 0 Å². The fraction of sp³-hybridized carbons (Fsp3) is 0.588. The smallest absolute Gasteiger partial charge is 0.149 e. The van der Waals surface area contributed by atoms with E-state index in [2.05, 4.69) is 11.9 Å². The Kier molecular flexibility index (Phi) is 6.55. The van der Waals surface area contributed by atoms with Crippen LogP contribution < -0.4 is 0 Å². The van der Waals surface area contributed by atoms with Gasteiger partial charge in [0.25, 0.3) is 0 Å². The summed E-state index contributed by atoms with van der Waals surface area (Å²) in [5.74, 6) is 0. The lowest BCUT2D eigenvalue weighted by molar-refractivity contribution is 0.0997. The lowest BCUT2D eigenvalue weighted by Crippen LogP contribution is -2.04. The van der Waals surface area contributed by atoms with Crippen LogP contribution in [-0.4, -0.2) is 18.5 Å². The summed E-state index contributed by atoms with van der Waals surface area (Å²) in [5.41, 5.74) is 2.18. The second-order valence-corrected chi connectivity index (χ2v) is 5.84. The van der Waals surface area contributed by atoms with E-state index in [4.69, 9.17) is 16.3 Å². The Labute approximate surface area is 127 Å². The van der Waals surface area contributed by atoms with Gasteiger partial charge in [-0.1, -0.05) is 62.8 Å². The summed E-state index contributed by atoms with van der Waals surface area (Å²) in [7, 11) is 0. The predicted molar refractivity (Wildman–Crippen MR) is 85.7 cm³/mol. The second-order valence-electron chi connectivity index (χ2n) is 5.40. The van der Waals surface area contributed by atoms with Crippen LogP contribution in [0.3, 0.4) is 0 Å². The quantitative estimate of drug-likeness (QED) is 0.601. The summed E-state index contributed by atoms with van der Waals surface area (Å²) in [4.78, 5) is 4.67. The molecule has 1 atom stereocenters. The highest BCUT2D eigenvalue weighted by Crippen LogP contribution is 2.19. The summed E-state index contributed by atoms with van der Waals surface area (Å²) >= 11 is 5.90. The summed E-state index contributed by atoms with van der Waals surface area (Å²) < 4.78 is 5.74. The monoisotopic (exact) mass is 293 g/mol. The minimum atomic E-state index is 0.0619. The summed E-state index contributed by atoms with van der Waals surface area (Å²) in [6, 6.07) is 7.83. The lowest BCUT2D eigenvalue weighted by Gasteiger charge is -2.06. The van der Waals surface area contributed by atoms with Gasteiger partial charge in [0.2, 0.25) is 0 Å². The number of ether oxygens (including phenoxy) is 1. The first kappa shape index (κ1) is 15.5. The van der Waals surface area contributed by atoms with Crippen molar-refractivity contribution in [1.82, 2.24) is 0 Å². The Balaban J connectivity index is 1.72. The first-order valence-electron chi connectivity index (χ1n) is 7.74. The van der Waals surface area contributed by atoms with Gasteiger partial charge in [0.1, 0.15) is 6.23 Å². The van der Waals surface area contributed by atoms with Gasteiger partial charge in [0.15, 0.2) is 0 Å². The van der Waals surface area contributed by atoms with Crippen LogP contribution in [0.4, 0.5) is 0 Å². The Morgan fingerprint density at radius 3 is 2.55 bits per heavy atom. The van der Waals surface area contributed by atoms with E-state index >= 15 is 0 Å². The third-order valence-corrected chi connectivity index (χ3v) is 3.95. The average molecular weight is 294 g/mol. The van der Waals surface area contributed by atoms with Crippen LogP contribution >= 0.6 is 11.6 Å². The largest absolute Gasteiger partial charge is 0.350 e. The molecule has 0 spiro atoms.